The lowest BCUT2D eigenvalue weighted by molar-refractivity contribution is -0.123. The summed E-state index contributed by atoms with van der Waals surface area (Å²) in [4.78, 5) is 24.8. The summed E-state index contributed by atoms with van der Waals surface area (Å²) in [5.74, 6) is -1.15. The summed E-state index contributed by atoms with van der Waals surface area (Å²) in [7, 11) is -3.58. The van der Waals surface area contributed by atoms with Crippen molar-refractivity contribution in [1.29, 1.82) is 0 Å². The van der Waals surface area contributed by atoms with Crippen LogP contribution in [0.15, 0.2) is 47.4 Å². The molecule has 7 nitrogen and oxygen atoms in total. The van der Waals surface area contributed by atoms with Gasteiger partial charge in [-0.05, 0) is 75.1 Å². The van der Waals surface area contributed by atoms with E-state index in [2.05, 4.69) is 10.0 Å². The fourth-order valence-corrected chi connectivity index (χ4v) is 3.95. The first-order chi connectivity index (χ1) is 13.7. The number of carbonyl (C=O) groups is 2. The average molecular weight is 416 g/mol. The second kappa shape index (κ2) is 8.34. The van der Waals surface area contributed by atoms with Crippen LogP contribution in [0, 0.1) is 13.8 Å². The third-order valence-electron chi connectivity index (χ3n) is 4.60. The average Bonchev–Trinajstić information content (AvgIpc) is 3.48. The summed E-state index contributed by atoms with van der Waals surface area (Å²) in [6, 6.07) is 11.1. The maximum atomic E-state index is 12.4. The molecular formula is C21H24N2O5S. The Morgan fingerprint density at radius 2 is 1.72 bits per heavy atom. The lowest BCUT2D eigenvalue weighted by Crippen LogP contribution is -2.30. The van der Waals surface area contributed by atoms with Crippen molar-refractivity contribution in [2.75, 3.05) is 5.32 Å². The minimum absolute atomic E-state index is 0.000965. The Morgan fingerprint density at radius 3 is 2.34 bits per heavy atom. The molecule has 29 heavy (non-hydrogen) atoms. The lowest BCUT2D eigenvalue weighted by Gasteiger charge is -2.15. The molecule has 2 aromatic rings. The fraction of sp³-hybridized carbons (Fsp3) is 0.333. The van der Waals surface area contributed by atoms with Gasteiger partial charge in [-0.25, -0.2) is 17.9 Å². The molecular weight excluding hydrogens is 392 g/mol. The molecule has 1 fully saturated rings. The van der Waals surface area contributed by atoms with Crippen molar-refractivity contribution in [3.8, 4) is 0 Å². The third-order valence-corrected chi connectivity index (χ3v) is 6.14. The first-order valence-corrected chi connectivity index (χ1v) is 10.9. The Bertz CT molecular complexity index is 1030. The number of esters is 1. The van der Waals surface area contributed by atoms with Crippen LogP contribution in [0.5, 0.6) is 0 Å². The molecule has 1 aliphatic carbocycles. The predicted molar refractivity (Wildman–Crippen MR) is 109 cm³/mol. The van der Waals surface area contributed by atoms with Crippen molar-refractivity contribution in [1.82, 2.24) is 4.72 Å². The van der Waals surface area contributed by atoms with Crippen molar-refractivity contribution in [3.63, 3.8) is 0 Å². The molecule has 0 aromatic heterocycles. The molecule has 0 heterocycles. The van der Waals surface area contributed by atoms with Crippen molar-refractivity contribution in [3.05, 3.63) is 59.2 Å². The largest absolute Gasteiger partial charge is 0.449 e. The van der Waals surface area contributed by atoms with E-state index in [4.69, 9.17) is 4.74 Å². The highest BCUT2D eigenvalue weighted by atomic mass is 32.2. The number of nitrogens with one attached hydrogen (secondary N) is 2. The van der Waals surface area contributed by atoms with E-state index in [1.54, 1.807) is 0 Å². The Balaban J connectivity index is 1.61. The Morgan fingerprint density at radius 1 is 1.07 bits per heavy atom. The van der Waals surface area contributed by atoms with Crippen LogP contribution in [0.3, 0.4) is 0 Å². The second-order valence-corrected chi connectivity index (χ2v) is 8.99. The van der Waals surface area contributed by atoms with Gasteiger partial charge in [0.2, 0.25) is 10.0 Å². The lowest BCUT2D eigenvalue weighted by atomic mass is 10.1. The summed E-state index contributed by atoms with van der Waals surface area (Å²) in [6.07, 6.45) is 0.666. The number of ether oxygens (including phenoxy) is 1. The predicted octanol–water partition coefficient (Wildman–Crippen LogP) is 2.93. The van der Waals surface area contributed by atoms with E-state index in [9.17, 15) is 18.0 Å². The van der Waals surface area contributed by atoms with E-state index < -0.39 is 28.0 Å². The molecule has 154 valence electrons. The van der Waals surface area contributed by atoms with Crippen LogP contribution in [0.2, 0.25) is 0 Å². The number of sulfonamides is 1. The highest BCUT2D eigenvalue weighted by molar-refractivity contribution is 7.89. The van der Waals surface area contributed by atoms with E-state index in [0.29, 0.717) is 5.69 Å². The van der Waals surface area contributed by atoms with Crippen molar-refractivity contribution in [2.45, 2.75) is 50.7 Å². The minimum atomic E-state index is -3.58. The number of anilines is 1. The van der Waals surface area contributed by atoms with Gasteiger partial charge in [-0.1, -0.05) is 12.1 Å². The molecule has 0 spiro atoms. The zero-order chi connectivity index (χ0) is 21.2. The Hall–Kier alpha value is -2.71. The molecule has 1 amide bonds. The molecule has 2 N–H and O–H groups in total. The number of hydrogen-bond donors (Lipinski definition) is 2. The number of carbonyl (C=O) groups excluding carboxylic acids is 2. The second-order valence-electron chi connectivity index (χ2n) is 7.28. The summed E-state index contributed by atoms with van der Waals surface area (Å²) >= 11 is 0. The number of amides is 1. The molecule has 2 aromatic carbocycles. The van der Waals surface area contributed by atoms with Gasteiger partial charge in [0.1, 0.15) is 0 Å². The molecule has 0 bridgehead atoms. The van der Waals surface area contributed by atoms with Gasteiger partial charge < -0.3 is 10.1 Å². The molecule has 0 saturated heterocycles. The van der Waals surface area contributed by atoms with Crippen molar-refractivity contribution < 1.29 is 22.7 Å². The normalized spacial score (nSPS) is 14.9. The summed E-state index contributed by atoms with van der Waals surface area (Å²) < 4.78 is 32.2. The fourth-order valence-electron chi connectivity index (χ4n) is 2.65. The van der Waals surface area contributed by atoms with Crippen LogP contribution in [0.4, 0.5) is 5.69 Å². The van der Waals surface area contributed by atoms with Crippen LogP contribution in [0.25, 0.3) is 0 Å². The molecule has 1 atom stereocenters. The van der Waals surface area contributed by atoms with Crippen LogP contribution in [-0.2, 0) is 19.6 Å². The third kappa shape index (κ3) is 5.42. The molecule has 0 aliphatic heterocycles. The number of rotatable bonds is 7. The zero-order valence-corrected chi connectivity index (χ0v) is 17.4. The van der Waals surface area contributed by atoms with Crippen molar-refractivity contribution in [2.24, 2.45) is 0 Å². The van der Waals surface area contributed by atoms with Gasteiger partial charge in [0.15, 0.2) is 6.10 Å². The highest BCUT2D eigenvalue weighted by Crippen LogP contribution is 2.22. The van der Waals surface area contributed by atoms with Crippen LogP contribution >= 0.6 is 0 Å². The number of hydrogen-bond acceptors (Lipinski definition) is 5. The van der Waals surface area contributed by atoms with Crippen LogP contribution in [0.1, 0.15) is 41.3 Å². The summed E-state index contributed by atoms with van der Waals surface area (Å²) in [6.45, 7) is 5.28. The van der Waals surface area contributed by atoms with Gasteiger partial charge in [-0.15, -0.1) is 0 Å². The maximum Gasteiger partial charge on any atom is 0.338 e. The maximum absolute atomic E-state index is 12.4. The van der Waals surface area contributed by atoms with Gasteiger partial charge >= 0.3 is 5.97 Å². The molecule has 1 unspecified atom stereocenters. The van der Waals surface area contributed by atoms with E-state index in [0.717, 1.165) is 24.0 Å². The molecule has 8 heteroatoms. The van der Waals surface area contributed by atoms with Gasteiger partial charge in [-0.2, -0.15) is 0 Å². The van der Waals surface area contributed by atoms with E-state index in [-0.39, 0.29) is 16.5 Å². The van der Waals surface area contributed by atoms with E-state index >= 15 is 0 Å². The van der Waals surface area contributed by atoms with Crippen LogP contribution in [-0.4, -0.2) is 32.4 Å². The monoisotopic (exact) mass is 416 g/mol. The number of aryl methyl sites for hydroxylation is 2. The Kier molecular flexibility index (Phi) is 6.04. The highest BCUT2D eigenvalue weighted by Gasteiger charge is 2.28. The zero-order valence-electron chi connectivity index (χ0n) is 16.6. The molecule has 1 saturated carbocycles. The van der Waals surface area contributed by atoms with Gasteiger partial charge in [0.25, 0.3) is 5.91 Å². The first-order valence-electron chi connectivity index (χ1n) is 9.37. The molecule has 0 radical (unpaired) electrons. The smallest absolute Gasteiger partial charge is 0.338 e. The minimum Gasteiger partial charge on any atom is -0.449 e. The summed E-state index contributed by atoms with van der Waals surface area (Å²) in [5.41, 5.74) is 2.73. The molecule has 1 aliphatic rings. The van der Waals surface area contributed by atoms with Gasteiger partial charge in [0.05, 0.1) is 10.5 Å². The molecule has 3 rings (SSSR count). The SMILES string of the molecule is Cc1ccc(C)c(NC(=O)C(C)OC(=O)c2ccc(S(=O)(=O)NC3CC3)cc2)c1. The Labute approximate surface area is 170 Å². The first kappa shape index (κ1) is 21.0. The van der Waals surface area contributed by atoms with E-state index in [1.165, 1.54) is 31.2 Å². The van der Waals surface area contributed by atoms with Crippen molar-refractivity contribution >= 4 is 27.6 Å². The number of benzene rings is 2. The summed E-state index contributed by atoms with van der Waals surface area (Å²) in [5, 5.41) is 2.76. The van der Waals surface area contributed by atoms with E-state index in [1.807, 2.05) is 32.0 Å². The van der Waals surface area contributed by atoms with Crippen LogP contribution < -0.4 is 10.0 Å². The van der Waals surface area contributed by atoms with Gasteiger partial charge in [-0.3, -0.25) is 4.79 Å². The standard InChI is InChI=1S/C21H24N2O5S/c1-13-4-5-14(2)19(12-13)22-20(24)15(3)28-21(25)16-6-10-18(11-7-16)29(26,27)23-17-8-9-17/h4-7,10-12,15,17,23H,8-9H2,1-3H3,(H,22,24). The quantitative estimate of drug-likeness (QED) is 0.676. The topological polar surface area (TPSA) is 102 Å². The van der Waals surface area contributed by atoms with Gasteiger partial charge in [0, 0.05) is 11.7 Å².